The molecule has 2 heterocycles. The molecule has 0 fully saturated rings. The van der Waals surface area contributed by atoms with Crippen LogP contribution in [-0.4, -0.2) is 21.8 Å². The summed E-state index contributed by atoms with van der Waals surface area (Å²) in [5.74, 6) is 0. The van der Waals surface area contributed by atoms with Crippen molar-refractivity contribution >= 4 is 11.6 Å². The van der Waals surface area contributed by atoms with Crippen molar-refractivity contribution in [2.75, 3.05) is 7.05 Å². The topological polar surface area (TPSA) is 42.7 Å². The Morgan fingerprint density at radius 1 is 1.39 bits per heavy atom. The van der Waals surface area contributed by atoms with Gasteiger partial charge in [0.2, 0.25) is 0 Å². The Balaban J connectivity index is 2.39. The van der Waals surface area contributed by atoms with Crippen LogP contribution in [0.25, 0.3) is 0 Å². The highest BCUT2D eigenvalue weighted by atomic mass is 35.5. The minimum absolute atomic E-state index is 0.0345. The number of nitrogens with one attached hydrogen (secondary N) is 1. The molecular formula is C13H17ClN4. The number of rotatable bonds is 5. The van der Waals surface area contributed by atoms with Crippen LogP contribution in [-0.2, 0) is 6.54 Å². The molecule has 1 N–H and O–H groups in total. The molecule has 0 aliphatic rings. The van der Waals surface area contributed by atoms with E-state index >= 15 is 0 Å². The van der Waals surface area contributed by atoms with Gasteiger partial charge in [0, 0.05) is 18.9 Å². The van der Waals surface area contributed by atoms with E-state index in [1.807, 2.05) is 36.1 Å². The molecule has 0 aromatic carbocycles. The van der Waals surface area contributed by atoms with Crippen molar-refractivity contribution in [2.45, 2.75) is 25.9 Å². The van der Waals surface area contributed by atoms with Crippen molar-refractivity contribution in [2.24, 2.45) is 0 Å². The van der Waals surface area contributed by atoms with Crippen LogP contribution in [0.3, 0.4) is 0 Å². The van der Waals surface area contributed by atoms with Crippen LogP contribution in [0.15, 0.2) is 30.6 Å². The number of hydrogen-bond acceptors (Lipinski definition) is 3. The first-order valence-corrected chi connectivity index (χ1v) is 6.45. The number of pyridine rings is 1. The number of halogens is 1. The molecule has 0 amide bonds. The summed E-state index contributed by atoms with van der Waals surface area (Å²) in [5.41, 5.74) is 1.92. The molecule has 2 aromatic rings. The summed E-state index contributed by atoms with van der Waals surface area (Å²) >= 11 is 6.21. The van der Waals surface area contributed by atoms with Gasteiger partial charge in [0.05, 0.1) is 22.5 Å². The molecule has 18 heavy (non-hydrogen) atoms. The normalized spacial score (nSPS) is 12.6. The van der Waals surface area contributed by atoms with E-state index in [4.69, 9.17) is 11.6 Å². The molecule has 0 aliphatic carbocycles. The largest absolute Gasteiger partial charge is 0.307 e. The van der Waals surface area contributed by atoms with Gasteiger partial charge < -0.3 is 5.32 Å². The molecule has 4 nitrogen and oxygen atoms in total. The van der Waals surface area contributed by atoms with Crippen molar-refractivity contribution in [1.82, 2.24) is 20.1 Å². The Kier molecular flexibility index (Phi) is 4.33. The molecule has 0 bridgehead atoms. The maximum absolute atomic E-state index is 6.21. The fourth-order valence-electron chi connectivity index (χ4n) is 2.02. The Labute approximate surface area is 112 Å². The predicted octanol–water partition coefficient (Wildman–Crippen LogP) is 2.65. The van der Waals surface area contributed by atoms with Crippen molar-refractivity contribution in [1.29, 1.82) is 0 Å². The molecule has 1 atom stereocenters. The molecule has 2 aromatic heterocycles. The van der Waals surface area contributed by atoms with Gasteiger partial charge in [-0.05, 0) is 31.7 Å². The summed E-state index contributed by atoms with van der Waals surface area (Å²) < 4.78 is 1.99. The molecule has 5 heteroatoms. The first-order chi connectivity index (χ1) is 8.77. The minimum Gasteiger partial charge on any atom is -0.307 e. The van der Waals surface area contributed by atoms with Crippen LogP contribution in [0.1, 0.15) is 30.8 Å². The fraction of sp³-hybridized carbons (Fsp3) is 0.385. The van der Waals surface area contributed by atoms with Crippen LogP contribution in [0, 0.1) is 0 Å². The van der Waals surface area contributed by atoms with Gasteiger partial charge >= 0.3 is 0 Å². The van der Waals surface area contributed by atoms with Crippen molar-refractivity contribution in [3.63, 3.8) is 0 Å². The highest BCUT2D eigenvalue weighted by Gasteiger charge is 2.19. The quantitative estimate of drug-likeness (QED) is 0.903. The zero-order valence-electron chi connectivity index (χ0n) is 10.6. The van der Waals surface area contributed by atoms with E-state index in [9.17, 15) is 0 Å². The number of hydrogen-bond donors (Lipinski definition) is 1. The number of aromatic nitrogens is 3. The summed E-state index contributed by atoms with van der Waals surface area (Å²) in [6.07, 6.45) is 4.61. The van der Waals surface area contributed by atoms with Crippen LogP contribution < -0.4 is 5.32 Å². The molecule has 0 spiro atoms. The van der Waals surface area contributed by atoms with Gasteiger partial charge in [0.15, 0.2) is 0 Å². The van der Waals surface area contributed by atoms with E-state index in [1.165, 1.54) is 0 Å². The van der Waals surface area contributed by atoms with E-state index in [2.05, 4.69) is 22.3 Å². The summed E-state index contributed by atoms with van der Waals surface area (Å²) in [7, 11) is 1.90. The molecule has 0 saturated carbocycles. The molecule has 96 valence electrons. The number of aryl methyl sites for hydroxylation is 1. The van der Waals surface area contributed by atoms with E-state index in [0.29, 0.717) is 5.02 Å². The SMILES string of the molecule is CCCn1nccc1C(NC)c1ncccc1Cl. The van der Waals surface area contributed by atoms with Gasteiger partial charge in [-0.2, -0.15) is 5.10 Å². The fourth-order valence-corrected chi connectivity index (χ4v) is 2.25. The van der Waals surface area contributed by atoms with Gasteiger partial charge in [0.25, 0.3) is 0 Å². The second-order valence-corrected chi connectivity index (χ2v) is 4.48. The second kappa shape index (κ2) is 5.98. The Bertz CT molecular complexity index is 509. The van der Waals surface area contributed by atoms with Gasteiger partial charge in [-0.15, -0.1) is 0 Å². The van der Waals surface area contributed by atoms with Crippen molar-refractivity contribution in [3.8, 4) is 0 Å². The highest BCUT2D eigenvalue weighted by Crippen LogP contribution is 2.25. The molecule has 0 saturated heterocycles. The van der Waals surface area contributed by atoms with Crippen LogP contribution in [0.2, 0.25) is 5.02 Å². The van der Waals surface area contributed by atoms with E-state index in [0.717, 1.165) is 24.4 Å². The van der Waals surface area contributed by atoms with Gasteiger partial charge in [-0.1, -0.05) is 18.5 Å². The summed E-state index contributed by atoms with van der Waals surface area (Å²) in [6, 6.07) is 5.66. The summed E-state index contributed by atoms with van der Waals surface area (Å²) in [4.78, 5) is 4.37. The Hall–Kier alpha value is -1.39. The average molecular weight is 265 g/mol. The first-order valence-electron chi connectivity index (χ1n) is 6.07. The van der Waals surface area contributed by atoms with Gasteiger partial charge in [-0.3, -0.25) is 9.67 Å². The maximum atomic E-state index is 6.21. The maximum Gasteiger partial charge on any atom is 0.0934 e. The molecular weight excluding hydrogens is 248 g/mol. The lowest BCUT2D eigenvalue weighted by Gasteiger charge is -2.18. The van der Waals surface area contributed by atoms with Crippen LogP contribution in [0.4, 0.5) is 0 Å². The lowest BCUT2D eigenvalue weighted by atomic mass is 10.1. The zero-order chi connectivity index (χ0) is 13.0. The van der Waals surface area contributed by atoms with Crippen molar-refractivity contribution in [3.05, 3.63) is 47.0 Å². The van der Waals surface area contributed by atoms with E-state index in [-0.39, 0.29) is 6.04 Å². The van der Waals surface area contributed by atoms with Crippen LogP contribution in [0.5, 0.6) is 0 Å². The Morgan fingerprint density at radius 3 is 2.89 bits per heavy atom. The second-order valence-electron chi connectivity index (χ2n) is 4.07. The highest BCUT2D eigenvalue weighted by molar-refractivity contribution is 6.31. The smallest absolute Gasteiger partial charge is 0.0934 e. The third-order valence-electron chi connectivity index (χ3n) is 2.83. The predicted molar refractivity (Wildman–Crippen MR) is 72.7 cm³/mol. The lowest BCUT2D eigenvalue weighted by molar-refractivity contribution is 0.529. The molecule has 0 radical (unpaired) electrons. The summed E-state index contributed by atoms with van der Waals surface area (Å²) in [6.45, 7) is 3.03. The average Bonchev–Trinajstić information content (AvgIpc) is 2.82. The molecule has 1 unspecified atom stereocenters. The minimum atomic E-state index is -0.0345. The third kappa shape index (κ3) is 2.54. The van der Waals surface area contributed by atoms with Crippen LogP contribution >= 0.6 is 11.6 Å². The Morgan fingerprint density at radius 2 is 2.22 bits per heavy atom. The lowest BCUT2D eigenvalue weighted by Crippen LogP contribution is -2.23. The van der Waals surface area contributed by atoms with Crippen molar-refractivity contribution < 1.29 is 0 Å². The standard InChI is InChI=1S/C13H17ClN4/c1-3-9-18-11(6-8-17-18)13(15-2)12-10(14)5-4-7-16-12/h4-8,13,15H,3,9H2,1-2H3. The van der Waals surface area contributed by atoms with Gasteiger partial charge in [0.1, 0.15) is 0 Å². The molecule has 2 rings (SSSR count). The van der Waals surface area contributed by atoms with E-state index < -0.39 is 0 Å². The molecule has 0 aliphatic heterocycles. The van der Waals surface area contributed by atoms with E-state index in [1.54, 1.807) is 6.20 Å². The number of nitrogens with zero attached hydrogens (tertiary/aromatic N) is 3. The third-order valence-corrected chi connectivity index (χ3v) is 3.15. The monoisotopic (exact) mass is 264 g/mol. The summed E-state index contributed by atoms with van der Waals surface area (Å²) in [5, 5.41) is 8.26. The van der Waals surface area contributed by atoms with Gasteiger partial charge in [-0.25, -0.2) is 0 Å². The first kappa shape index (κ1) is 13.1. The zero-order valence-corrected chi connectivity index (χ0v) is 11.4.